The molecule has 0 spiro atoms. The fraction of sp³-hybridized carbons (Fsp3) is 0.375. The van der Waals surface area contributed by atoms with Crippen molar-refractivity contribution in [1.29, 1.82) is 0 Å². The SMILES string of the molecule is C=C(CNC(=O)c1cc2scc(C(=O)O)c2[nH]1)C1CCOCC1. The number of carboxylic acid groups (broad SMARTS) is 1. The Hall–Kier alpha value is -2.12. The molecule has 1 aliphatic rings. The van der Waals surface area contributed by atoms with Gasteiger partial charge in [0.15, 0.2) is 0 Å². The number of fused-ring (bicyclic) bond motifs is 1. The Morgan fingerprint density at radius 3 is 2.87 bits per heavy atom. The Bertz CT molecular complexity index is 755. The number of nitrogens with one attached hydrogen (secondary N) is 2. The number of aromatic amines is 1. The van der Waals surface area contributed by atoms with Crippen molar-refractivity contribution in [1.82, 2.24) is 10.3 Å². The van der Waals surface area contributed by atoms with Crippen molar-refractivity contribution in [2.24, 2.45) is 5.92 Å². The molecule has 0 aliphatic carbocycles. The van der Waals surface area contributed by atoms with Crippen molar-refractivity contribution >= 4 is 33.4 Å². The fourth-order valence-corrected chi connectivity index (χ4v) is 3.66. The molecule has 6 nitrogen and oxygen atoms in total. The summed E-state index contributed by atoms with van der Waals surface area (Å²) in [6, 6.07) is 1.68. The fourth-order valence-electron chi connectivity index (χ4n) is 2.73. The van der Waals surface area contributed by atoms with Crippen molar-refractivity contribution in [3.8, 4) is 0 Å². The number of carboxylic acids is 1. The number of hydrogen-bond acceptors (Lipinski definition) is 4. The summed E-state index contributed by atoms with van der Waals surface area (Å²) in [4.78, 5) is 26.2. The minimum Gasteiger partial charge on any atom is -0.478 e. The van der Waals surface area contributed by atoms with Crippen molar-refractivity contribution < 1.29 is 19.4 Å². The van der Waals surface area contributed by atoms with Crippen LogP contribution >= 0.6 is 11.3 Å². The van der Waals surface area contributed by atoms with Gasteiger partial charge in [0, 0.05) is 25.1 Å². The monoisotopic (exact) mass is 334 g/mol. The van der Waals surface area contributed by atoms with Crippen LogP contribution in [-0.4, -0.2) is 41.7 Å². The number of rotatable bonds is 5. The molecule has 23 heavy (non-hydrogen) atoms. The largest absolute Gasteiger partial charge is 0.478 e. The molecule has 0 saturated carbocycles. The molecule has 1 fully saturated rings. The number of thiophene rings is 1. The lowest BCUT2D eigenvalue weighted by atomic mass is 9.92. The van der Waals surface area contributed by atoms with Crippen molar-refractivity contribution in [2.45, 2.75) is 12.8 Å². The van der Waals surface area contributed by atoms with Crippen LogP contribution in [0.3, 0.4) is 0 Å². The average Bonchev–Trinajstić information content (AvgIpc) is 3.13. The summed E-state index contributed by atoms with van der Waals surface area (Å²) in [6.45, 7) is 5.95. The first-order valence-corrected chi connectivity index (χ1v) is 8.31. The summed E-state index contributed by atoms with van der Waals surface area (Å²) in [7, 11) is 0. The van der Waals surface area contributed by atoms with Crippen LogP contribution in [0.15, 0.2) is 23.6 Å². The Kier molecular flexibility index (Phi) is 4.49. The van der Waals surface area contributed by atoms with Gasteiger partial charge in [-0.1, -0.05) is 12.2 Å². The van der Waals surface area contributed by atoms with E-state index in [0.29, 0.717) is 23.7 Å². The highest BCUT2D eigenvalue weighted by atomic mass is 32.1. The van der Waals surface area contributed by atoms with Gasteiger partial charge in [-0.05, 0) is 24.8 Å². The maximum absolute atomic E-state index is 12.2. The number of amides is 1. The van der Waals surface area contributed by atoms with Crippen LogP contribution in [0.25, 0.3) is 10.2 Å². The van der Waals surface area contributed by atoms with E-state index in [4.69, 9.17) is 9.84 Å². The smallest absolute Gasteiger partial charge is 0.338 e. The van der Waals surface area contributed by atoms with Crippen molar-refractivity contribution in [3.05, 3.63) is 34.9 Å². The summed E-state index contributed by atoms with van der Waals surface area (Å²) in [6.07, 6.45) is 1.88. The molecule has 122 valence electrons. The van der Waals surface area contributed by atoms with E-state index in [1.807, 2.05) is 0 Å². The first-order valence-electron chi connectivity index (χ1n) is 7.43. The molecular weight excluding hydrogens is 316 g/mol. The van der Waals surface area contributed by atoms with Crippen LogP contribution in [0.2, 0.25) is 0 Å². The van der Waals surface area contributed by atoms with Gasteiger partial charge in [0.05, 0.1) is 15.8 Å². The highest BCUT2D eigenvalue weighted by molar-refractivity contribution is 7.17. The van der Waals surface area contributed by atoms with E-state index >= 15 is 0 Å². The Morgan fingerprint density at radius 1 is 1.43 bits per heavy atom. The predicted molar refractivity (Wildman–Crippen MR) is 88.2 cm³/mol. The topological polar surface area (TPSA) is 91.4 Å². The van der Waals surface area contributed by atoms with E-state index in [0.717, 1.165) is 36.3 Å². The molecule has 3 heterocycles. The van der Waals surface area contributed by atoms with Crippen molar-refractivity contribution in [2.75, 3.05) is 19.8 Å². The Balaban J connectivity index is 1.64. The molecule has 0 bridgehead atoms. The third kappa shape index (κ3) is 3.30. The maximum Gasteiger partial charge on any atom is 0.338 e. The molecule has 7 heteroatoms. The molecule has 1 saturated heterocycles. The van der Waals surface area contributed by atoms with Gasteiger partial charge in [0.25, 0.3) is 5.91 Å². The molecule has 2 aromatic rings. The average molecular weight is 334 g/mol. The zero-order valence-electron chi connectivity index (χ0n) is 12.6. The molecule has 3 N–H and O–H groups in total. The quantitative estimate of drug-likeness (QED) is 0.733. The Labute approximate surface area is 137 Å². The predicted octanol–water partition coefficient (Wildman–Crippen LogP) is 2.64. The van der Waals surface area contributed by atoms with Crippen LogP contribution in [0, 0.1) is 5.92 Å². The minimum atomic E-state index is -1.00. The second kappa shape index (κ2) is 6.55. The molecule has 0 atom stereocenters. The van der Waals surface area contributed by atoms with E-state index in [2.05, 4.69) is 16.9 Å². The van der Waals surface area contributed by atoms with Gasteiger partial charge in [-0.25, -0.2) is 4.79 Å². The summed E-state index contributed by atoms with van der Waals surface area (Å²) in [5.74, 6) is -0.870. The summed E-state index contributed by atoms with van der Waals surface area (Å²) in [5, 5.41) is 13.5. The van der Waals surface area contributed by atoms with Crippen molar-refractivity contribution in [3.63, 3.8) is 0 Å². The minimum absolute atomic E-state index is 0.190. The third-order valence-electron chi connectivity index (χ3n) is 4.10. The van der Waals surface area contributed by atoms with E-state index in [1.165, 1.54) is 11.3 Å². The molecule has 0 aromatic carbocycles. The zero-order valence-corrected chi connectivity index (χ0v) is 13.4. The molecule has 2 aromatic heterocycles. The standard InChI is InChI=1S/C16H18N2O4S/c1-9(10-2-4-22-5-3-10)7-17-15(19)12-6-13-14(18-12)11(8-23-13)16(20)21/h6,8,10,18H,1-5,7H2,(H,17,19)(H,20,21). The summed E-state index contributed by atoms with van der Waals surface area (Å²) in [5.41, 5.74) is 2.06. The zero-order chi connectivity index (χ0) is 16.4. The highest BCUT2D eigenvalue weighted by Gasteiger charge is 2.19. The second-order valence-electron chi connectivity index (χ2n) is 5.60. The molecule has 0 unspecified atom stereocenters. The number of aromatic carboxylic acids is 1. The van der Waals surface area contributed by atoms with Gasteiger partial charge in [0.1, 0.15) is 5.69 Å². The number of aromatic nitrogens is 1. The summed E-state index contributed by atoms with van der Waals surface area (Å²) >= 11 is 1.30. The van der Waals surface area contributed by atoms with Gasteiger partial charge in [-0.2, -0.15) is 0 Å². The molecule has 3 rings (SSSR count). The number of H-pyrrole nitrogens is 1. The van der Waals surface area contributed by atoms with Gasteiger partial charge in [-0.3, -0.25) is 4.79 Å². The summed E-state index contributed by atoms with van der Waals surface area (Å²) < 4.78 is 6.08. The van der Waals surface area contributed by atoms with Crippen LogP contribution in [0.4, 0.5) is 0 Å². The molecule has 1 aliphatic heterocycles. The van der Waals surface area contributed by atoms with E-state index in [9.17, 15) is 9.59 Å². The van der Waals surface area contributed by atoms with E-state index in [-0.39, 0.29) is 11.5 Å². The normalized spacial score (nSPS) is 15.7. The molecule has 1 amide bonds. The lowest BCUT2D eigenvalue weighted by Gasteiger charge is -2.24. The first-order chi connectivity index (χ1) is 11.1. The van der Waals surface area contributed by atoms with Crippen LogP contribution in [-0.2, 0) is 4.74 Å². The van der Waals surface area contributed by atoms with Gasteiger partial charge in [0.2, 0.25) is 0 Å². The molecule has 0 radical (unpaired) electrons. The maximum atomic E-state index is 12.2. The van der Waals surface area contributed by atoms with Crippen LogP contribution in [0.5, 0.6) is 0 Å². The lowest BCUT2D eigenvalue weighted by Crippen LogP contribution is -2.29. The van der Waals surface area contributed by atoms with Gasteiger partial charge in [-0.15, -0.1) is 11.3 Å². The lowest BCUT2D eigenvalue weighted by molar-refractivity contribution is 0.0698. The van der Waals surface area contributed by atoms with Crippen LogP contribution in [0.1, 0.15) is 33.7 Å². The van der Waals surface area contributed by atoms with Gasteiger partial charge >= 0.3 is 5.97 Å². The van der Waals surface area contributed by atoms with E-state index < -0.39 is 5.97 Å². The molecular formula is C16H18N2O4S. The number of carbonyl (C=O) groups is 2. The highest BCUT2D eigenvalue weighted by Crippen LogP contribution is 2.26. The first kappa shape index (κ1) is 15.8. The van der Waals surface area contributed by atoms with Gasteiger partial charge < -0.3 is 20.1 Å². The second-order valence-corrected chi connectivity index (χ2v) is 6.52. The third-order valence-corrected chi connectivity index (χ3v) is 5.03. The van der Waals surface area contributed by atoms with E-state index in [1.54, 1.807) is 11.4 Å². The Morgan fingerprint density at radius 2 is 2.17 bits per heavy atom. The number of carbonyl (C=O) groups excluding carboxylic acids is 1. The number of ether oxygens (including phenoxy) is 1. The number of hydrogen-bond donors (Lipinski definition) is 3. The van der Waals surface area contributed by atoms with Crippen LogP contribution < -0.4 is 5.32 Å².